The van der Waals surface area contributed by atoms with Gasteiger partial charge >= 0.3 is 5.69 Å². The van der Waals surface area contributed by atoms with Crippen LogP contribution in [0.2, 0.25) is 0 Å². The third kappa shape index (κ3) is 4.20. The Morgan fingerprint density at radius 2 is 1.96 bits per heavy atom. The number of aromatic amines is 2. The molecule has 0 spiro atoms. The first kappa shape index (κ1) is 18.7. The first-order valence-electron chi connectivity index (χ1n) is 8.83. The van der Waals surface area contributed by atoms with Crippen LogP contribution in [0.5, 0.6) is 5.75 Å². The molecule has 0 aliphatic heterocycles. The quantitative estimate of drug-likeness (QED) is 0.558. The zero-order valence-electron chi connectivity index (χ0n) is 15.6. The van der Waals surface area contributed by atoms with Crippen molar-refractivity contribution in [2.75, 3.05) is 25.1 Å². The molecule has 1 amide bonds. The average Bonchev–Trinajstić information content (AvgIpc) is 3.02. The van der Waals surface area contributed by atoms with Crippen LogP contribution in [0.4, 0.5) is 5.69 Å². The molecule has 3 rings (SSSR count). The molecule has 0 saturated carbocycles. The molecule has 3 aromatic rings. The highest BCUT2D eigenvalue weighted by atomic mass is 16.5. The lowest BCUT2D eigenvalue weighted by atomic mass is 10.1. The number of amides is 1. The maximum atomic E-state index is 12.8. The molecular weight excluding hydrogens is 346 g/mol. The molecule has 0 aliphatic rings. The van der Waals surface area contributed by atoms with E-state index in [2.05, 4.69) is 15.3 Å². The molecule has 1 heterocycles. The maximum Gasteiger partial charge on any atom is 0.323 e. The molecule has 0 radical (unpaired) electrons. The van der Waals surface area contributed by atoms with Crippen molar-refractivity contribution in [2.24, 2.45) is 0 Å². The Kier molecular flexibility index (Phi) is 5.61. The number of aromatic nitrogens is 2. The number of hydrogen-bond acceptors (Lipinski definition) is 4. The summed E-state index contributed by atoms with van der Waals surface area (Å²) in [4.78, 5) is 29.9. The molecule has 7 nitrogen and oxygen atoms in total. The smallest absolute Gasteiger partial charge is 0.323 e. The van der Waals surface area contributed by atoms with Gasteiger partial charge in [0.2, 0.25) is 0 Å². The van der Waals surface area contributed by atoms with Crippen molar-refractivity contribution in [3.05, 3.63) is 57.5 Å². The third-order valence-electron chi connectivity index (χ3n) is 4.37. The summed E-state index contributed by atoms with van der Waals surface area (Å²) < 4.78 is 10.9. The minimum absolute atomic E-state index is 0.276. The molecule has 7 heteroatoms. The summed E-state index contributed by atoms with van der Waals surface area (Å²) in [5.41, 5.74) is 3.87. The zero-order chi connectivity index (χ0) is 19.4. The standard InChI is InChI=1S/C20H23N3O4/c1-4-26-8-9-27-15-7-5-6-14(11-15)19(24)22-17-13(3)12(2)10-16-18(17)23-20(25)21-16/h5-7,10-11H,4,8-9H2,1-3H3,(H,22,24)(H2,21,23,25). The van der Waals surface area contributed by atoms with E-state index in [1.807, 2.05) is 26.8 Å². The van der Waals surface area contributed by atoms with Crippen LogP contribution < -0.4 is 15.7 Å². The van der Waals surface area contributed by atoms with Gasteiger partial charge < -0.3 is 24.8 Å². The number of aryl methyl sites for hydroxylation is 1. The Balaban J connectivity index is 1.83. The van der Waals surface area contributed by atoms with Gasteiger partial charge in [-0.15, -0.1) is 0 Å². The number of fused-ring (bicyclic) bond motifs is 1. The van der Waals surface area contributed by atoms with Gasteiger partial charge in [0.25, 0.3) is 5.91 Å². The van der Waals surface area contributed by atoms with Crippen LogP contribution in [0.15, 0.2) is 35.1 Å². The molecule has 1 aromatic heterocycles. The average molecular weight is 369 g/mol. The number of carbonyl (C=O) groups is 1. The van der Waals surface area contributed by atoms with Gasteiger partial charge in [-0.1, -0.05) is 6.07 Å². The van der Waals surface area contributed by atoms with Gasteiger partial charge in [-0.25, -0.2) is 4.79 Å². The van der Waals surface area contributed by atoms with E-state index in [1.165, 1.54) is 0 Å². The molecule has 142 valence electrons. The molecule has 27 heavy (non-hydrogen) atoms. The lowest BCUT2D eigenvalue weighted by molar-refractivity contribution is 0.102. The molecule has 0 saturated heterocycles. The monoisotopic (exact) mass is 369 g/mol. The van der Waals surface area contributed by atoms with E-state index in [1.54, 1.807) is 24.3 Å². The Morgan fingerprint density at radius 3 is 2.74 bits per heavy atom. The van der Waals surface area contributed by atoms with Crippen molar-refractivity contribution in [3.8, 4) is 5.75 Å². The number of ether oxygens (including phenoxy) is 2. The van der Waals surface area contributed by atoms with E-state index in [9.17, 15) is 9.59 Å². The fourth-order valence-corrected chi connectivity index (χ4v) is 2.84. The van der Waals surface area contributed by atoms with E-state index in [-0.39, 0.29) is 11.6 Å². The Bertz CT molecular complexity index is 1020. The van der Waals surface area contributed by atoms with E-state index in [0.29, 0.717) is 47.9 Å². The van der Waals surface area contributed by atoms with Crippen LogP contribution in [0, 0.1) is 13.8 Å². The van der Waals surface area contributed by atoms with Crippen molar-refractivity contribution in [1.29, 1.82) is 0 Å². The summed E-state index contributed by atoms with van der Waals surface area (Å²) in [5, 5.41) is 2.92. The van der Waals surface area contributed by atoms with Crippen LogP contribution in [0.1, 0.15) is 28.4 Å². The second-order valence-electron chi connectivity index (χ2n) is 6.22. The van der Waals surface area contributed by atoms with Gasteiger partial charge in [-0.05, 0) is 56.2 Å². The zero-order valence-corrected chi connectivity index (χ0v) is 15.6. The Labute approximate surface area is 156 Å². The SMILES string of the molecule is CCOCCOc1cccc(C(=O)Nc2c(C)c(C)cc3[nH]c(=O)[nH]c23)c1. The minimum Gasteiger partial charge on any atom is -0.491 e. The van der Waals surface area contributed by atoms with Crippen LogP contribution >= 0.6 is 0 Å². The highest BCUT2D eigenvalue weighted by molar-refractivity contribution is 6.09. The fraction of sp³-hybridized carbons (Fsp3) is 0.300. The van der Waals surface area contributed by atoms with Crippen LogP contribution in [-0.4, -0.2) is 35.7 Å². The van der Waals surface area contributed by atoms with Crippen LogP contribution in [0.25, 0.3) is 11.0 Å². The van der Waals surface area contributed by atoms with Crippen molar-refractivity contribution in [3.63, 3.8) is 0 Å². The molecule has 2 aromatic carbocycles. The van der Waals surface area contributed by atoms with E-state index in [4.69, 9.17) is 9.47 Å². The second kappa shape index (κ2) is 8.09. The normalized spacial score (nSPS) is 10.9. The van der Waals surface area contributed by atoms with Crippen LogP contribution in [-0.2, 0) is 4.74 Å². The molecule has 0 fully saturated rings. The number of carbonyl (C=O) groups excluding carboxylic acids is 1. The van der Waals surface area contributed by atoms with E-state index in [0.717, 1.165) is 11.1 Å². The van der Waals surface area contributed by atoms with Crippen molar-refractivity contribution in [1.82, 2.24) is 9.97 Å². The number of anilines is 1. The summed E-state index contributed by atoms with van der Waals surface area (Å²) in [7, 11) is 0. The van der Waals surface area contributed by atoms with E-state index < -0.39 is 0 Å². The lowest BCUT2D eigenvalue weighted by Gasteiger charge is -2.13. The Morgan fingerprint density at radius 1 is 1.15 bits per heavy atom. The first-order chi connectivity index (χ1) is 13.0. The molecule has 0 atom stereocenters. The third-order valence-corrected chi connectivity index (χ3v) is 4.37. The van der Waals surface area contributed by atoms with Gasteiger partial charge in [-0.2, -0.15) is 0 Å². The predicted molar refractivity (Wildman–Crippen MR) is 105 cm³/mol. The summed E-state index contributed by atoms with van der Waals surface area (Å²) in [6, 6.07) is 8.84. The van der Waals surface area contributed by atoms with Gasteiger partial charge in [0.05, 0.1) is 23.3 Å². The van der Waals surface area contributed by atoms with Crippen molar-refractivity contribution < 1.29 is 14.3 Å². The van der Waals surface area contributed by atoms with Gasteiger partial charge in [0, 0.05) is 12.2 Å². The van der Waals surface area contributed by atoms with Gasteiger partial charge in [0.15, 0.2) is 0 Å². The number of benzene rings is 2. The van der Waals surface area contributed by atoms with Crippen molar-refractivity contribution >= 4 is 22.6 Å². The maximum absolute atomic E-state index is 12.8. The largest absolute Gasteiger partial charge is 0.491 e. The summed E-state index contributed by atoms with van der Waals surface area (Å²) >= 11 is 0. The summed E-state index contributed by atoms with van der Waals surface area (Å²) in [6.07, 6.45) is 0. The molecule has 0 aliphatic carbocycles. The topological polar surface area (TPSA) is 96.2 Å². The first-order valence-corrected chi connectivity index (χ1v) is 8.83. The number of imidazole rings is 1. The molecular formula is C20H23N3O4. The van der Waals surface area contributed by atoms with Crippen LogP contribution in [0.3, 0.4) is 0 Å². The van der Waals surface area contributed by atoms with Gasteiger partial charge in [0.1, 0.15) is 12.4 Å². The predicted octanol–water partition coefficient (Wildman–Crippen LogP) is 3.14. The second-order valence-corrected chi connectivity index (χ2v) is 6.22. The lowest BCUT2D eigenvalue weighted by Crippen LogP contribution is -2.14. The van der Waals surface area contributed by atoms with Gasteiger partial charge in [-0.3, -0.25) is 4.79 Å². The summed E-state index contributed by atoms with van der Waals surface area (Å²) in [6.45, 7) is 7.31. The highest BCUT2D eigenvalue weighted by Crippen LogP contribution is 2.27. The number of rotatable bonds is 7. The number of nitrogens with one attached hydrogen (secondary N) is 3. The summed E-state index contributed by atoms with van der Waals surface area (Å²) in [5.74, 6) is 0.325. The number of hydrogen-bond donors (Lipinski definition) is 3. The Hall–Kier alpha value is -3.06. The molecule has 0 bridgehead atoms. The molecule has 3 N–H and O–H groups in total. The molecule has 0 unspecified atom stereocenters. The minimum atomic E-state index is -0.310. The number of H-pyrrole nitrogens is 2. The van der Waals surface area contributed by atoms with Crippen molar-refractivity contribution in [2.45, 2.75) is 20.8 Å². The fourth-order valence-electron chi connectivity index (χ4n) is 2.84. The van der Waals surface area contributed by atoms with E-state index >= 15 is 0 Å². The highest BCUT2D eigenvalue weighted by Gasteiger charge is 2.15.